The van der Waals surface area contributed by atoms with E-state index in [0.29, 0.717) is 37.1 Å². The quantitative estimate of drug-likeness (QED) is 0.423. The van der Waals surface area contributed by atoms with E-state index in [1.54, 1.807) is 7.11 Å². The minimum Gasteiger partial charge on any atom is -0.396 e. The van der Waals surface area contributed by atoms with E-state index >= 15 is 0 Å². The van der Waals surface area contributed by atoms with Gasteiger partial charge < -0.3 is 14.6 Å². The molecule has 17 heavy (non-hydrogen) atoms. The molecule has 0 aromatic rings. The average molecular weight is 242 g/mol. The van der Waals surface area contributed by atoms with Crippen LogP contribution in [0.3, 0.4) is 0 Å². The lowest BCUT2D eigenvalue weighted by atomic mass is 9.70. The second-order valence-corrected chi connectivity index (χ2v) is 4.98. The van der Waals surface area contributed by atoms with Crippen molar-refractivity contribution in [3.05, 3.63) is 12.2 Å². The molecule has 0 bridgehead atoms. The standard InChI is InChI=1S/C14H26O3/c1-4-5-12-7-6-11(2)14(13(12)8-15)9-17-10-16-3/h6-7,11-15H,4-5,8-10H2,1-3H3/t11-,12+,13-,14-/m0/s1. The SMILES string of the molecule is CCC[C@@H]1C=C[C@H](C)[C@H](COCOC)[C@H]1CO. The Hall–Kier alpha value is -0.380. The Bertz CT molecular complexity index is 228. The fourth-order valence-electron chi connectivity index (χ4n) is 2.77. The van der Waals surface area contributed by atoms with E-state index in [1.165, 1.54) is 0 Å². The van der Waals surface area contributed by atoms with Gasteiger partial charge in [-0.05, 0) is 30.1 Å². The molecule has 1 rings (SSSR count). The molecule has 0 radical (unpaired) electrons. The first-order valence-corrected chi connectivity index (χ1v) is 6.60. The minimum atomic E-state index is 0.250. The average Bonchev–Trinajstić information content (AvgIpc) is 2.33. The van der Waals surface area contributed by atoms with Gasteiger partial charge in [-0.2, -0.15) is 0 Å². The summed E-state index contributed by atoms with van der Waals surface area (Å²) in [5.41, 5.74) is 0. The maximum atomic E-state index is 9.61. The molecule has 0 spiro atoms. The van der Waals surface area contributed by atoms with Crippen LogP contribution in [0.5, 0.6) is 0 Å². The Balaban J connectivity index is 2.60. The molecule has 0 aliphatic heterocycles. The summed E-state index contributed by atoms with van der Waals surface area (Å²) >= 11 is 0. The lowest BCUT2D eigenvalue weighted by Crippen LogP contribution is -2.36. The molecule has 0 aromatic carbocycles. The highest BCUT2D eigenvalue weighted by Gasteiger charge is 2.33. The van der Waals surface area contributed by atoms with E-state index in [2.05, 4.69) is 26.0 Å². The monoisotopic (exact) mass is 242 g/mol. The number of hydrogen-bond acceptors (Lipinski definition) is 3. The third-order valence-electron chi connectivity index (χ3n) is 3.78. The summed E-state index contributed by atoms with van der Waals surface area (Å²) < 4.78 is 10.4. The third-order valence-corrected chi connectivity index (χ3v) is 3.78. The third kappa shape index (κ3) is 4.09. The van der Waals surface area contributed by atoms with E-state index < -0.39 is 0 Å². The van der Waals surface area contributed by atoms with Crippen LogP contribution < -0.4 is 0 Å². The molecule has 0 heterocycles. The van der Waals surface area contributed by atoms with Crippen LogP contribution in [0.4, 0.5) is 0 Å². The Morgan fingerprint density at radius 1 is 1.24 bits per heavy atom. The summed E-state index contributed by atoms with van der Waals surface area (Å²) in [6.07, 6.45) is 6.86. The molecule has 1 aliphatic carbocycles. The van der Waals surface area contributed by atoms with Crippen LogP contribution in [0.2, 0.25) is 0 Å². The first-order valence-electron chi connectivity index (χ1n) is 6.60. The number of aliphatic hydroxyl groups is 1. The largest absolute Gasteiger partial charge is 0.396 e. The van der Waals surface area contributed by atoms with Gasteiger partial charge in [-0.3, -0.25) is 0 Å². The fourth-order valence-corrected chi connectivity index (χ4v) is 2.77. The summed E-state index contributed by atoms with van der Waals surface area (Å²) in [4.78, 5) is 0. The van der Waals surface area contributed by atoms with Crippen LogP contribution in [0.25, 0.3) is 0 Å². The van der Waals surface area contributed by atoms with Crippen LogP contribution in [-0.4, -0.2) is 32.2 Å². The molecule has 0 saturated heterocycles. The maximum absolute atomic E-state index is 9.61. The van der Waals surface area contributed by atoms with E-state index in [4.69, 9.17) is 9.47 Å². The second kappa shape index (κ2) is 7.85. The highest BCUT2D eigenvalue weighted by atomic mass is 16.7. The smallest absolute Gasteiger partial charge is 0.146 e. The van der Waals surface area contributed by atoms with Crippen molar-refractivity contribution in [3.63, 3.8) is 0 Å². The molecule has 1 N–H and O–H groups in total. The summed E-state index contributed by atoms with van der Waals surface area (Å²) in [5, 5.41) is 9.61. The van der Waals surface area contributed by atoms with Gasteiger partial charge in [0, 0.05) is 13.7 Å². The first-order chi connectivity index (χ1) is 8.24. The number of hydrogen-bond donors (Lipinski definition) is 1. The van der Waals surface area contributed by atoms with Crippen molar-refractivity contribution in [3.8, 4) is 0 Å². The van der Waals surface area contributed by atoms with Crippen LogP contribution >= 0.6 is 0 Å². The highest BCUT2D eigenvalue weighted by molar-refractivity contribution is 5.03. The summed E-state index contributed by atoms with van der Waals surface area (Å²) in [5.74, 6) is 1.69. The molecule has 4 atom stereocenters. The van der Waals surface area contributed by atoms with Crippen molar-refractivity contribution >= 4 is 0 Å². The molecule has 0 unspecified atom stereocenters. The zero-order chi connectivity index (χ0) is 12.7. The van der Waals surface area contributed by atoms with Crippen LogP contribution in [0.15, 0.2) is 12.2 Å². The van der Waals surface area contributed by atoms with Gasteiger partial charge in [0.05, 0.1) is 6.61 Å². The maximum Gasteiger partial charge on any atom is 0.146 e. The molecule has 3 heteroatoms. The van der Waals surface area contributed by atoms with Crippen molar-refractivity contribution < 1.29 is 14.6 Å². The van der Waals surface area contributed by atoms with Crippen molar-refractivity contribution in [2.24, 2.45) is 23.7 Å². The molecule has 100 valence electrons. The van der Waals surface area contributed by atoms with E-state index in [-0.39, 0.29) is 6.61 Å². The molecular weight excluding hydrogens is 216 g/mol. The van der Waals surface area contributed by atoms with Gasteiger partial charge in [0.2, 0.25) is 0 Å². The van der Waals surface area contributed by atoms with E-state index in [1.807, 2.05) is 0 Å². The first kappa shape index (κ1) is 14.7. The Labute approximate surface area is 105 Å². The number of ether oxygens (including phenoxy) is 2. The van der Waals surface area contributed by atoms with Gasteiger partial charge in [0.1, 0.15) is 6.79 Å². The molecular formula is C14H26O3. The zero-order valence-corrected chi connectivity index (χ0v) is 11.3. The lowest BCUT2D eigenvalue weighted by molar-refractivity contribution is -0.0644. The van der Waals surface area contributed by atoms with Crippen molar-refractivity contribution in [2.75, 3.05) is 27.1 Å². The van der Waals surface area contributed by atoms with Gasteiger partial charge in [-0.1, -0.05) is 32.4 Å². The number of methoxy groups -OCH3 is 1. The number of allylic oxidation sites excluding steroid dienone is 2. The fraction of sp³-hybridized carbons (Fsp3) is 0.857. The van der Waals surface area contributed by atoms with E-state index in [9.17, 15) is 5.11 Å². The van der Waals surface area contributed by atoms with Gasteiger partial charge in [0.25, 0.3) is 0 Å². The van der Waals surface area contributed by atoms with Crippen molar-refractivity contribution in [1.29, 1.82) is 0 Å². The predicted molar refractivity (Wildman–Crippen MR) is 68.6 cm³/mol. The zero-order valence-electron chi connectivity index (χ0n) is 11.3. The van der Waals surface area contributed by atoms with Crippen LogP contribution in [0, 0.1) is 23.7 Å². The predicted octanol–water partition coefficient (Wildman–Crippen LogP) is 2.45. The van der Waals surface area contributed by atoms with Gasteiger partial charge in [0.15, 0.2) is 0 Å². The number of rotatable bonds is 7. The Morgan fingerprint density at radius 3 is 2.59 bits per heavy atom. The summed E-state index contributed by atoms with van der Waals surface area (Å²) in [7, 11) is 1.63. The highest BCUT2D eigenvalue weighted by Crippen LogP contribution is 2.36. The van der Waals surface area contributed by atoms with E-state index in [0.717, 1.165) is 12.8 Å². The minimum absolute atomic E-state index is 0.250. The van der Waals surface area contributed by atoms with Gasteiger partial charge in [-0.25, -0.2) is 0 Å². The molecule has 1 aliphatic rings. The molecule has 0 saturated carbocycles. The summed E-state index contributed by atoms with van der Waals surface area (Å²) in [6.45, 7) is 5.65. The normalized spacial score (nSPS) is 32.9. The lowest BCUT2D eigenvalue weighted by Gasteiger charge is -2.37. The summed E-state index contributed by atoms with van der Waals surface area (Å²) in [6, 6.07) is 0. The van der Waals surface area contributed by atoms with Crippen molar-refractivity contribution in [1.82, 2.24) is 0 Å². The Kier molecular flexibility index (Phi) is 6.78. The number of aliphatic hydroxyl groups excluding tert-OH is 1. The molecule has 0 fully saturated rings. The van der Waals surface area contributed by atoms with Gasteiger partial charge >= 0.3 is 0 Å². The topological polar surface area (TPSA) is 38.7 Å². The second-order valence-electron chi connectivity index (χ2n) is 4.98. The van der Waals surface area contributed by atoms with Crippen LogP contribution in [-0.2, 0) is 9.47 Å². The molecule has 0 aromatic heterocycles. The Morgan fingerprint density at radius 2 is 2.00 bits per heavy atom. The van der Waals surface area contributed by atoms with Crippen LogP contribution in [0.1, 0.15) is 26.7 Å². The molecule has 0 amide bonds. The molecule has 3 nitrogen and oxygen atoms in total. The van der Waals surface area contributed by atoms with Crippen molar-refractivity contribution in [2.45, 2.75) is 26.7 Å². The van der Waals surface area contributed by atoms with Gasteiger partial charge in [-0.15, -0.1) is 0 Å².